The predicted octanol–water partition coefficient (Wildman–Crippen LogP) is 3.91. The number of benzene rings is 1. The summed E-state index contributed by atoms with van der Waals surface area (Å²) in [6, 6.07) is 8.22. The Kier molecular flexibility index (Phi) is 6.28. The molecule has 1 aromatic carbocycles. The van der Waals surface area contributed by atoms with E-state index < -0.39 is 6.10 Å². The average Bonchev–Trinajstić information content (AvgIpc) is 3.05. The van der Waals surface area contributed by atoms with Crippen molar-refractivity contribution in [2.75, 3.05) is 7.11 Å². The lowest BCUT2D eigenvalue weighted by atomic mass is 10.0. The van der Waals surface area contributed by atoms with Crippen molar-refractivity contribution < 1.29 is 14.3 Å². The Morgan fingerprint density at radius 2 is 2.10 bits per heavy atom. The number of unbranched alkanes of at least 4 members (excludes halogenated alkanes) is 3. The monoisotopic (exact) mass is 289 g/mol. The van der Waals surface area contributed by atoms with Crippen molar-refractivity contribution in [1.82, 2.24) is 4.98 Å². The molecular weight excluding hydrogens is 266 g/mol. The molecule has 0 saturated heterocycles. The summed E-state index contributed by atoms with van der Waals surface area (Å²) in [5.74, 6) is 1.34. The Labute approximate surface area is 125 Å². The molecule has 0 bridgehead atoms. The molecule has 4 heteroatoms. The molecular formula is C17H23NO3. The maximum Gasteiger partial charge on any atom is 0.222 e. The van der Waals surface area contributed by atoms with Crippen LogP contribution in [0.1, 0.15) is 49.7 Å². The van der Waals surface area contributed by atoms with Gasteiger partial charge in [0.2, 0.25) is 5.89 Å². The first-order chi connectivity index (χ1) is 10.3. The summed E-state index contributed by atoms with van der Waals surface area (Å²) in [6.45, 7) is 0. The van der Waals surface area contributed by atoms with Crippen molar-refractivity contribution in [3.8, 4) is 5.75 Å². The van der Waals surface area contributed by atoms with E-state index >= 15 is 0 Å². The zero-order valence-corrected chi connectivity index (χ0v) is 12.5. The first-order valence-corrected chi connectivity index (χ1v) is 7.50. The molecule has 0 aliphatic heterocycles. The van der Waals surface area contributed by atoms with E-state index in [0.29, 0.717) is 12.3 Å². The van der Waals surface area contributed by atoms with Crippen LogP contribution in [0.15, 0.2) is 41.1 Å². The fourth-order valence-corrected chi connectivity index (χ4v) is 2.37. The molecule has 1 atom stereocenters. The van der Waals surface area contributed by atoms with Gasteiger partial charge in [-0.25, -0.2) is 4.98 Å². The Hall–Kier alpha value is -1.81. The molecule has 0 amide bonds. The van der Waals surface area contributed by atoms with Gasteiger partial charge in [-0.3, -0.25) is 0 Å². The number of methoxy groups -OCH3 is 1. The number of hydrogen-bond acceptors (Lipinski definition) is 4. The van der Waals surface area contributed by atoms with Gasteiger partial charge in [0.15, 0.2) is 0 Å². The van der Waals surface area contributed by atoms with Crippen molar-refractivity contribution in [3.63, 3.8) is 0 Å². The van der Waals surface area contributed by atoms with E-state index in [4.69, 9.17) is 9.15 Å². The predicted molar refractivity (Wildman–Crippen MR) is 81.2 cm³/mol. The third-order valence-electron chi connectivity index (χ3n) is 3.56. The van der Waals surface area contributed by atoms with Gasteiger partial charge in [0, 0.05) is 0 Å². The highest BCUT2D eigenvalue weighted by Crippen LogP contribution is 2.19. The zero-order chi connectivity index (χ0) is 14.9. The molecule has 1 heterocycles. The van der Waals surface area contributed by atoms with E-state index in [0.717, 1.165) is 37.9 Å². The summed E-state index contributed by atoms with van der Waals surface area (Å²) < 4.78 is 10.3. The van der Waals surface area contributed by atoms with Gasteiger partial charge in [-0.2, -0.15) is 0 Å². The Balaban J connectivity index is 1.57. The van der Waals surface area contributed by atoms with Crippen molar-refractivity contribution in [2.24, 2.45) is 0 Å². The SMILES string of the molecule is COc1cccc(CCCCCCC(O)c2ncco2)c1. The standard InChI is InChI=1S/C17H23NO3/c1-20-15-9-6-8-14(13-15)7-4-2-3-5-10-16(19)17-18-11-12-21-17/h6,8-9,11-13,16,19H,2-5,7,10H2,1H3. The maximum atomic E-state index is 9.83. The minimum atomic E-state index is -0.571. The second-order valence-corrected chi connectivity index (χ2v) is 5.19. The molecule has 2 rings (SSSR count). The van der Waals surface area contributed by atoms with Crippen LogP contribution in [0.25, 0.3) is 0 Å². The number of oxazole rings is 1. The van der Waals surface area contributed by atoms with Crippen molar-refractivity contribution >= 4 is 0 Å². The van der Waals surface area contributed by atoms with Gasteiger partial charge in [-0.05, 0) is 37.0 Å². The van der Waals surface area contributed by atoms with Gasteiger partial charge in [0.05, 0.1) is 13.3 Å². The van der Waals surface area contributed by atoms with Crippen LogP contribution in [-0.4, -0.2) is 17.2 Å². The number of nitrogens with zero attached hydrogens (tertiary/aromatic N) is 1. The quantitative estimate of drug-likeness (QED) is 0.711. The number of aryl methyl sites for hydroxylation is 1. The summed E-state index contributed by atoms with van der Waals surface area (Å²) in [6.07, 6.45) is 8.68. The molecule has 0 saturated carbocycles. The number of aliphatic hydroxyl groups excluding tert-OH is 1. The van der Waals surface area contributed by atoms with Gasteiger partial charge in [-0.15, -0.1) is 0 Å². The minimum Gasteiger partial charge on any atom is -0.497 e. The van der Waals surface area contributed by atoms with Crippen LogP contribution >= 0.6 is 0 Å². The summed E-state index contributed by atoms with van der Waals surface area (Å²) in [7, 11) is 1.69. The minimum absolute atomic E-state index is 0.423. The average molecular weight is 289 g/mol. The molecule has 4 nitrogen and oxygen atoms in total. The fourth-order valence-electron chi connectivity index (χ4n) is 2.37. The largest absolute Gasteiger partial charge is 0.497 e. The van der Waals surface area contributed by atoms with Crippen molar-refractivity contribution in [3.05, 3.63) is 48.2 Å². The third-order valence-corrected chi connectivity index (χ3v) is 3.56. The van der Waals surface area contributed by atoms with E-state index in [1.165, 1.54) is 11.8 Å². The molecule has 0 radical (unpaired) electrons. The summed E-state index contributed by atoms with van der Waals surface area (Å²) in [4.78, 5) is 3.96. The number of hydrogen-bond donors (Lipinski definition) is 1. The van der Waals surface area contributed by atoms with Crippen LogP contribution in [-0.2, 0) is 6.42 Å². The summed E-state index contributed by atoms with van der Waals surface area (Å²) >= 11 is 0. The second-order valence-electron chi connectivity index (χ2n) is 5.19. The Bertz CT molecular complexity index is 511. The molecule has 1 aromatic heterocycles. The molecule has 0 aliphatic rings. The van der Waals surface area contributed by atoms with E-state index in [2.05, 4.69) is 17.1 Å². The number of aliphatic hydroxyl groups is 1. The van der Waals surface area contributed by atoms with Crippen LogP contribution < -0.4 is 4.74 Å². The van der Waals surface area contributed by atoms with Crippen molar-refractivity contribution in [1.29, 1.82) is 0 Å². The fraction of sp³-hybridized carbons (Fsp3) is 0.471. The van der Waals surface area contributed by atoms with E-state index in [-0.39, 0.29) is 0 Å². The van der Waals surface area contributed by atoms with Gasteiger partial charge >= 0.3 is 0 Å². The molecule has 0 fully saturated rings. The molecule has 114 valence electrons. The lowest BCUT2D eigenvalue weighted by Crippen LogP contribution is -1.97. The lowest BCUT2D eigenvalue weighted by Gasteiger charge is -2.07. The summed E-state index contributed by atoms with van der Waals surface area (Å²) in [5.41, 5.74) is 1.31. The Morgan fingerprint density at radius 3 is 2.86 bits per heavy atom. The van der Waals surface area contributed by atoms with E-state index in [9.17, 15) is 5.11 Å². The highest BCUT2D eigenvalue weighted by molar-refractivity contribution is 5.28. The molecule has 21 heavy (non-hydrogen) atoms. The van der Waals surface area contributed by atoms with E-state index in [1.54, 1.807) is 13.3 Å². The molecule has 1 N–H and O–H groups in total. The van der Waals surface area contributed by atoms with Gasteiger partial charge in [0.25, 0.3) is 0 Å². The van der Waals surface area contributed by atoms with Crippen LogP contribution in [0.2, 0.25) is 0 Å². The molecule has 2 aromatic rings. The number of ether oxygens (including phenoxy) is 1. The second kappa shape index (κ2) is 8.47. The van der Waals surface area contributed by atoms with Crippen molar-refractivity contribution in [2.45, 2.75) is 44.6 Å². The van der Waals surface area contributed by atoms with Crippen LogP contribution in [0.4, 0.5) is 0 Å². The molecule has 0 spiro atoms. The third kappa shape index (κ3) is 5.23. The number of rotatable bonds is 9. The first kappa shape index (κ1) is 15.6. The van der Waals surface area contributed by atoms with Gasteiger partial charge in [0.1, 0.15) is 18.1 Å². The smallest absolute Gasteiger partial charge is 0.222 e. The van der Waals surface area contributed by atoms with Crippen LogP contribution in [0.5, 0.6) is 5.75 Å². The topological polar surface area (TPSA) is 55.5 Å². The summed E-state index contributed by atoms with van der Waals surface area (Å²) in [5, 5.41) is 9.83. The number of aromatic nitrogens is 1. The molecule has 0 aliphatic carbocycles. The van der Waals surface area contributed by atoms with Gasteiger partial charge in [-0.1, -0.05) is 31.4 Å². The van der Waals surface area contributed by atoms with Crippen LogP contribution in [0, 0.1) is 0 Å². The normalized spacial score (nSPS) is 12.3. The maximum absolute atomic E-state index is 9.83. The van der Waals surface area contributed by atoms with E-state index in [1.807, 2.05) is 12.1 Å². The Morgan fingerprint density at radius 1 is 1.24 bits per heavy atom. The van der Waals surface area contributed by atoms with Crippen LogP contribution in [0.3, 0.4) is 0 Å². The first-order valence-electron chi connectivity index (χ1n) is 7.50. The highest BCUT2D eigenvalue weighted by Gasteiger charge is 2.10. The molecule has 1 unspecified atom stereocenters. The van der Waals surface area contributed by atoms with Gasteiger partial charge < -0.3 is 14.3 Å². The highest BCUT2D eigenvalue weighted by atomic mass is 16.5. The lowest BCUT2D eigenvalue weighted by molar-refractivity contribution is 0.130. The zero-order valence-electron chi connectivity index (χ0n) is 12.5.